The number of halogens is 2. The molecular weight excluding hydrogens is 457 g/mol. The van der Waals surface area contributed by atoms with Crippen LogP contribution in [0.3, 0.4) is 0 Å². The number of ether oxygens (including phenoxy) is 1. The molecular formula is C26H25Cl2N3O2. The minimum Gasteiger partial charge on any atom is -0.385 e. The van der Waals surface area contributed by atoms with Crippen molar-refractivity contribution in [3.05, 3.63) is 93.1 Å². The highest BCUT2D eigenvalue weighted by Crippen LogP contribution is 2.27. The van der Waals surface area contributed by atoms with Crippen LogP contribution in [0.25, 0.3) is 0 Å². The van der Waals surface area contributed by atoms with Gasteiger partial charge in [0.25, 0.3) is 0 Å². The van der Waals surface area contributed by atoms with E-state index in [9.17, 15) is 4.79 Å². The summed E-state index contributed by atoms with van der Waals surface area (Å²) in [5.74, 6) is 0.831. The number of fused-ring (bicyclic) bond motifs is 1. The normalized spacial score (nSPS) is 15.5. The van der Waals surface area contributed by atoms with E-state index in [-0.39, 0.29) is 5.78 Å². The fourth-order valence-electron chi connectivity index (χ4n) is 3.86. The van der Waals surface area contributed by atoms with E-state index < -0.39 is 6.04 Å². The second-order valence-electron chi connectivity index (χ2n) is 7.94. The fraction of sp³-hybridized carbons (Fsp3) is 0.269. The Labute approximate surface area is 203 Å². The van der Waals surface area contributed by atoms with Gasteiger partial charge in [0.05, 0.1) is 5.71 Å². The highest BCUT2D eigenvalue weighted by Gasteiger charge is 2.27. The number of benzene rings is 2. The average Bonchev–Trinajstić information content (AvgIpc) is 2.95. The first-order valence-corrected chi connectivity index (χ1v) is 11.6. The molecule has 2 aromatic carbocycles. The van der Waals surface area contributed by atoms with E-state index in [1.54, 1.807) is 13.3 Å². The molecule has 0 radical (unpaired) electrons. The standard InChI is InChI=1S/C26H25Cl2N3O2/c1-33-12-4-11-29-25-10-8-19(16-30-25)26-21-15-20(27)9-7-17(21)14-24(32)23(31-26)13-18-5-2-3-6-22(18)28/h2-3,5-10,15-16,23H,4,11-14H2,1H3,(H,29,30)/t23-/m0/s1. The van der Waals surface area contributed by atoms with Crippen molar-refractivity contribution in [1.29, 1.82) is 0 Å². The Morgan fingerprint density at radius 3 is 2.73 bits per heavy atom. The maximum atomic E-state index is 13.2. The number of nitrogens with zero attached hydrogens (tertiary/aromatic N) is 2. The first kappa shape index (κ1) is 23.4. The van der Waals surface area contributed by atoms with Crippen molar-refractivity contribution in [2.45, 2.75) is 25.3 Å². The minimum atomic E-state index is -0.544. The predicted molar refractivity (Wildman–Crippen MR) is 134 cm³/mol. The second-order valence-corrected chi connectivity index (χ2v) is 8.78. The van der Waals surface area contributed by atoms with E-state index in [4.69, 9.17) is 32.9 Å². The van der Waals surface area contributed by atoms with Crippen LogP contribution < -0.4 is 5.32 Å². The van der Waals surface area contributed by atoms with Gasteiger partial charge in [0, 0.05) is 60.5 Å². The zero-order chi connectivity index (χ0) is 23.2. The number of carbonyl (C=O) groups excluding carboxylic acids is 1. The van der Waals surface area contributed by atoms with E-state index in [0.29, 0.717) is 35.2 Å². The molecule has 1 atom stereocenters. The lowest BCUT2D eigenvalue weighted by molar-refractivity contribution is -0.119. The van der Waals surface area contributed by atoms with Crippen molar-refractivity contribution in [1.82, 2.24) is 4.98 Å². The predicted octanol–water partition coefficient (Wildman–Crippen LogP) is 5.41. The zero-order valence-electron chi connectivity index (χ0n) is 18.4. The number of nitrogens with one attached hydrogen (secondary N) is 1. The van der Waals surface area contributed by atoms with Crippen LogP contribution >= 0.6 is 23.2 Å². The number of rotatable bonds is 8. The SMILES string of the molecule is COCCCNc1ccc(C2=N[C@@H](Cc3ccccc3Cl)C(=O)Cc3ccc(Cl)cc32)cn1. The van der Waals surface area contributed by atoms with Crippen molar-refractivity contribution < 1.29 is 9.53 Å². The summed E-state index contributed by atoms with van der Waals surface area (Å²) in [6, 6.07) is 16.5. The summed E-state index contributed by atoms with van der Waals surface area (Å²) in [4.78, 5) is 22.6. The molecule has 0 unspecified atom stereocenters. The molecule has 5 nitrogen and oxygen atoms in total. The van der Waals surface area contributed by atoms with Crippen molar-refractivity contribution >= 4 is 40.5 Å². The molecule has 0 aliphatic carbocycles. The van der Waals surface area contributed by atoms with E-state index in [2.05, 4.69) is 10.3 Å². The van der Waals surface area contributed by atoms with Gasteiger partial charge in [-0.2, -0.15) is 0 Å². The molecule has 0 bridgehead atoms. The summed E-state index contributed by atoms with van der Waals surface area (Å²) < 4.78 is 5.08. The summed E-state index contributed by atoms with van der Waals surface area (Å²) >= 11 is 12.7. The van der Waals surface area contributed by atoms with Crippen molar-refractivity contribution in [2.24, 2.45) is 4.99 Å². The number of pyridine rings is 1. The molecule has 4 rings (SSSR count). The van der Waals surface area contributed by atoms with Gasteiger partial charge >= 0.3 is 0 Å². The Balaban J connectivity index is 1.68. The van der Waals surface area contributed by atoms with Gasteiger partial charge in [-0.15, -0.1) is 0 Å². The molecule has 0 saturated carbocycles. The quantitative estimate of drug-likeness (QED) is 0.436. The van der Waals surface area contributed by atoms with Crippen LogP contribution in [0.5, 0.6) is 0 Å². The summed E-state index contributed by atoms with van der Waals surface area (Å²) in [6.07, 6.45) is 3.41. The molecule has 1 aliphatic heterocycles. The molecule has 170 valence electrons. The molecule has 0 fully saturated rings. The lowest BCUT2D eigenvalue weighted by Gasteiger charge is -2.13. The summed E-state index contributed by atoms with van der Waals surface area (Å²) in [6.45, 7) is 1.47. The molecule has 1 aliphatic rings. The van der Waals surface area contributed by atoms with Gasteiger partial charge in [0.15, 0.2) is 5.78 Å². The molecule has 33 heavy (non-hydrogen) atoms. The number of anilines is 1. The Bertz CT molecular complexity index is 1160. The van der Waals surface area contributed by atoms with E-state index >= 15 is 0 Å². The topological polar surface area (TPSA) is 63.6 Å². The van der Waals surface area contributed by atoms with Crippen molar-refractivity contribution in [3.63, 3.8) is 0 Å². The van der Waals surface area contributed by atoms with E-state index in [1.165, 1.54) is 0 Å². The molecule has 1 aromatic heterocycles. The summed E-state index contributed by atoms with van der Waals surface area (Å²) in [5.41, 5.74) is 4.22. The lowest BCUT2D eigenvalue weighted by atomic mass is 9.95. The zero-order valence-corrected chi connectivity index (χ0v) is 19.9. The van der Waals surface area contributed by atoms with Crippen LogP contribution in [-0.4, -0.2) is 42.8 Å². The van der Waals surface area contributed by atoms with Gasteiger partial charge < -0.3 is 10.1 Å². The second kappa shape index (κ2) is 10.9. The number of hydrogen-bond acceptors (Lipinski definition) is 5. The number of aromatic nitrogens is 1. The van der Waals surface area contributed by atoms with E-state index in [0.717, 1.165) is 41.0 Å². The maximum Gasteiger partial charge on any atom is 0.162 e. The van der Waals surface area contributed by atoms with Crippen LogP contribution in [0, 0.1) is 0 Å². The number of methoxy groups -OCH3 is 1. The van der Waals surface area contributed by atoms with Crippen molar-refractivity contribution in [3.8, 4) is 0 Å². The fourth-order valence-corrected chi connectivity index (χ4v) is 4.24. The highest BCUT2D eigenvalue weighted by molar-refractivity contribution is 6.32. The molecule has 2 heterocycles. The molecule has 0 spiro atoms. The minimum absolute atomic E-state index is 0.0536. The summed E-state index contributed by atoms with van der Waals surface area (Å²) in [5, 5.41) is 4.52. The maximum absolute atomic E-state index is 13.2. The number of ketones is 1. The van der Waals surface area contributed by atoms with Crippen molar-refractivity contribution in [2.75, 3.05) is 25.6 Å². The van der Waals surface area contributed by atoms with Crippen LogP contribution in [0.1, 0.15) is 28.7 Å². The van der Waals surface area contributed by atoms with Crippen LogP contribution in [0.4, 0.5) is 5.82 Å². The first-order valence-electron chi connectivity index (χ1n) is 10.9. The molecule has 0 saturated heterocycles. The Morgan fingerprint density at radius 1 is 1.12 bits per heavy atom. The third kappa shape index (κ3) is 5.80. The smallest absolute Gasteiger partial charge is 0.162 e. The average molecular weight is 482 g/mol. The van der Waals surface area contributed by atoms with Gasteiger partial charge in [0.2, 0.25) is 0 Å². The van der Waals surface area contributed by atoms with Crippen LogP contribution in [-0.2, 0) is 22.4 Å². The van der Waals surface area contributed by atoms with Gasteiger partial charge in [-0.05, 0) is 47.9 Å². The molecule has 3 aromatic rings. The van der Waals surface area contributed by atoms with Gasteiger partial charge in [0.1, 0.15) is 11.9 Å². The first-order chi connectivity index (χ1) is 16.0. The lowest BCUT2D eigenvalue weighted by Crippen LogP contribution is -2.23. The van der Waals surface area contributed by atoms with E-state index in [1.807, 2.05) is 54.6 Å². The third-order valence-corrected chi connectivity index (χ3v) is 6.19. The highest BCUT2D eigenvalue weighted by atomic mass is 35.5. The number of hydrogen-bond donors (Lipinski definition) is 1. The Kier molecular flexibility index (Phi) is 7.76. The van der Waals surface area contributed by atoms with Gasteiger partial charge in [-0.3, -0.25) is 9.79 Å². The molecule has 0 amide bonds. The van der Waals surface area contributed by atoms with Gasteiger partial charge in [-0.25, -0.2) is 4.98 Å². The van der Waals surface area contributed by atoms with Crippen LogP contribution in [0.2, 0.25) is 10.0 Å². The molecule has 7 heteroatoms. The molecule has 1 N–H and O–H groups in total. The van der Waals surface area contributed by atoms with Gasteiger partial charge in [-0.1, -0.05) is 47.5 Å². The largest absolute Gasteiger partial charge is 0.385 e. The number of aliphatic imine (C=N–C) groups is 1. The monoisotopic (exact) mass is 481 g/mol. The Hall–Kier alpha value is -2.73. The Morgan fingerprint density at radius 2 is 1.97 bits per heavy atom. The third-order valence-electron chi connectivity index (χ3n) is 5.59. The van der Waals surface area contributed by atoms with Crippen LogP contribution in [0.15, 0.2) is 65.8 Å². The number of carbonyl (C=O) groups is 1. The summed E-state index contributed by atoms with van der Waals surface area (Å²) in [7, 11) is 1.69. The number of Topliss-reactive ketones (excluding diaryl/α,β-unsaturated/α-hetero) is 1.